The number of carbonyl (C=O) groups excluding carboxylic acids is 1. The van der Waals surface area contributed by atoms with E-state index < -0.39 is 0 Å². The molecule has 1 aliphatic heterocycles. The fraction of sp³-hybridized carbons (Fsp3) is 0.545. The van der Waals surface area contributed by atoms with E-state index in [0.717, 1.165) is 36.6 Å². The molecule has 1 aromatic rings. The van der Waals surface area contributed by atoms with E-state index >= 15 is 0 Å². The molecule has 6 nitrogen and oxygen atoms in total. The summed E-state index contributed by atoms with van der Waals surface area (Å²) in [6, 6.07) is 0. The first-order valence-corrected chi connectivity index (χ1v) is 6.50. The fourth-order valence-corrected chi connectivity index (χ4v) is 2.03. The summed E-state index contributed by atoms with van der Waals surface area (Å²) in [5.41, 5.74) is 0. The van der Waals surface area contributed by atoms with Crippen LogP contribution in [0.25, 0.3) is 0 Å². The minimum absolute atomic E-state index is 0.191. The summed E-state index contributed by atoms with van der Waals surface area (Å²) in [4.78, 5) is 23.9. The van der Waals surface area contributed by atoms with Crippen LogP contribution in [0, 0.1) is 0 Å². The number of nitrogens with zero attached hydrogens (tertiary/aromatic N) is 4. The zero-order valence-corrected chi connectivity index (χ0v) is 11.8. The number of ether oxygens (including phenoxy) is 1. The Kier molecular flexibility index (Phi) is 4.48. The maximum atomic E-state index is 11.2. The second kappa shape index (κ2) is 6.10. The molecule has 2 rings (SSSR count). The summed E-state index contributed by atoms with van der Waals surface area (Å²) < 4.78 is 5.52. The number of carbonyl (C=O) groups is 1. The SMILES string of the molecule is COC(=O)CN1CCN(c2ncc(Br)cn2)CC1. The van der Waals surface area contributed by atoms with Gasteiger partial charge >= 0.3 is 5.97 Å². The van der Waals surface area contributed by atoms with Crippen molar-refractivity contribution in [3.05, 3.63) is 16.9 Å². The van der Waals surface area contributed by atoms with Gasteiger partial charge < -0.3 is 9.64 Å². The molecule has 1 aromatic heterocycles. The quantitative estimate of drug-likeness (QED) is 0.759. The Morgan fingerprint density at radius 3 is 2.50 bits per heavy atom. The summed E-state index contributed by atoms with van der Waals surface area (Å²) in [5, 5.41) is 0. The minimum Gasteiger partial charge on any atom is -0.468 e. The Labute approximate surface area is 114 Å². The Bertz CT molecular complexity index is 404. The van der Waals surface area contributed by atoms with Crippen LogP contribution in [0.15, 0.2) is 16.9 Å². The van der Waals surface area contributed by atoms with E-state index in [1.807, 2.05) is 0 Å². The molecule has 1 saturated heterocycles. The predicted molar refractivity (Wildman–Crippen MR) is 70.4 cm³/mol. The van der Waals surface area contributed by atoms with E-state index in [9.17, 15) is 4.79 Å². The van der Waals surface area contributed by atoms with E-state index in [1.54, 1.807) is 12.4 Å². The summed E-state index contributed by atoms with van der Waals surface area (Å²) in [7, 11) is 1.41. The van der Waals surface area contributed by atoms with Crippen molar-refractivity contribution in [3.63, 3.8) is 0 Å². The highest BCUT2D eigenvalue weighted by Gasteiger charge is 2.20. The molecule has 0 radical (unpaired) electrons. The van der Waals surface area contributed by atoms with Crippen molar-refractivity contribution in [2.24, 2.45) is 0 Å². The van der Waals surface area contributed by atoms with E-state index in [-0.39, 0.29) is 5.97 Å². The second-order valence-corrected chi connectivity index (χ2v) is 4.96. The highest BCUT2D eigenvalue weighted by Crippen LogP contribution is 2.13. The van der Waals surface area contributed by atoms with Crippen molar-refractivity contribution < 1.29 is 9.53 Å². The molecule has 0 N–H and O–H groups in total. The molecule has 18 heavy (non-hydrogen) atoms. The van der Waals surface area contributed by atoms with Gasteiger partial charge in [-0.1, -0.05) is 0 Å². The van der Waals surface area contributed by atoms with Gasteiger partial charge in [0.2, 0.25) is 5.95 Å². The molecule has 0 bridgehead atoms. The number of piperazine rings is 1. The lowest BCUT2D eigenvalue weighted by Gasteiger charge is -2.33. The summed E-state index contributed by atoms with van der Waals surface area (Å²) in [6.45, 7) is 3.62. The monoisotopic (exact) mass is 314 g/mol. The predicted octanol–water partition coefficient (Wildman–Crippen LogP) is 0.534. The largest absolute Gasteiger partial charge is 0.468 e. The number of anilines is 1. The Balaban J connectivity index is 1.86. The molecule has 98 valence electrons. The Morgan fingerprint density at radius 1 is 1.33 bits per heavy atom. The van der Waals surface area contributed by atoms with Crippen molar-refractivity contribution >= 4 is 27.8 Å². The van der Waals surface area contributed by atoms with E-state index in [2.05, 4.69) is 40.4 Å². The van der Waals surface area contributed by atoms with Gasteiger partial charge in [0.1, 0.15) is 0 Å². The smallest absolute Gasteiger partial charge is 0.319 e. The molecule has 7 heteroatoms. The lowest BCUT2D eigenvalue weighted by atomic mass is 10.3. The molecule has 0 saturated carbocycles. The Morgan fingerprint density at radius 2 is 1.94 bits per heavy atom. The van der Waals surface area contributed by atoms with Gasteiger partial charge in [-0.25, -0.2) is 9.97 Å². The molecule has 1 aliphatic rings. The number of methoxy groups -OCH3 is 1. The molecular weight excluding hydrogens is 300 g/mol. The van der Waals surface area contributed by atoms with Crippen LogP contribution in [0.4, 0.5) is 5.95 Å². The molecule has 0 amide bonds. The Hall–Kier alpha value is -1.21. The van der Waals surface area contributed by atoms with Gasteiger partial charge in [-0.05, 0) is 15.9 Å². The van der Waals surface area contributed by atoms with Crippen LogP contribution < -0.4 is 4.90 Å². The molecule has 1 fully saturated rings. The third-order valence-electron chi connectivity index (χ3n) is 2.84. The normalized spacial score (nSPS) is 16.7. The lowest BCUT2D eigenvalue weighted by molar-refractivity contribution is -0.142. The zero-order valence-electron chi connectivity index (χ0n) is 10.2. The van der Waals surface area contributed by atoms with E-state index in [0.29, 0.717) is 6.54 Å². The zero-order chi connectivity index (χ0) is 13.0. The van der Waals surface area contributed by atoms with Crippen molar-refractivity contribution in [1.82, 2.24) is 14.9 Å². The average Bonchev–Trinajstić information content (AvgIpc) is 2.40. The summed E-state index contributed by atoms with van der Waals surface area (Å²) in [6.07, 6.45) is 3.48. The van der Waals surface area contributed by atoms with Gasteiger partial charge in [0.05, 0.1) is 18.1 Å². The maximum Gasteiger partial charge on any atom is 0.319 e. The van der Waals surface area contributed by atoms with Gasteiger partial charge in [0, 0.05) is 38.6 Å². The molecule has 0 aliphatic carbocycles. The number of halogens is 1. The van der Waals surface area contributed by atoms with Crippen LogP contribution in [0.5, 0.6) is 0 Å². The van der Waals surface area contributed by atoms with Crippen molar-refractivity contribution in [1.29, 1.82) is 0 Å². The van der Waals surface area contributed by atoms with Gasteiger partial charge in [-0.3, -0.25) is 9.69 Å². The summed E-state index contributed by atoms with van der Waals surface area (Å²) in [5.74, 6) is 0.541. The van der Waals surface area contributed by atoms with Crippen LogP contribution in [-0.2, 0) is 9.53 Å². The number of rotatable bonds is 3. The van der Waals surface area contributed by atoms with Crippen LogP contribution in [-0.4, -0.2) is 60.7 Å². The van der Waals surface area contributed by atoms with Crippen LogP contribution >= 0.6 is 15.9 Å². The highest BCUT2D eigenvalue weighted by atomic mass is 79.9. The van der Waals surface area contributed by atoms with E-state index in [1.165, 1.54) is 7.11 Å². The van der Waals surface area contributed by atoms with Gasteiger partial charge in [-0.15, -0.1) is 0 Å². The third kappa shape index (κ3) is 3.39. The van der Waals surface area contributed by atoms with Gasteiger partial charge in [0.25, 0.3) is 0 Å². The van der Waals surface area contributed by atoms with Crippen molar-refractivity contribution in [2.45, 2.75) is 0 Å². The second-order valence-electron chi connectivity index (χ2n) is 4.04. The number of esters is 1. The van der Waals surface area contributed by atoms with E-state index in [4.69, 9.17) is 0 Å². The van der Waals surface area contributed by atoms with Crippen LogP contribution in [0.3, 0.4) is 0 Å². The lowest BCUT2D eigenvalue weighted by Crippen LogP contribution is -2.48. The number of hydrogen-bond acceptors (Lipinski definition) is 6. The van der Waals surface area contributed by atoms with Crippen molar-refractivity contribution in [3.8, 4) is 0 Å². The third-order valence-corrected chi connectivity index (χ3v) is 3.25. The minimum atomic E-state index is -0.191. The molecule has 0 unspecified atom stereocenters. The highest BCUT2D eigenvalue weighted by molar-refractivity contribution is 9.10. The molecule has 0 atom stereocenters. The molecular formula is C11H15BrN4O2. The first-order chi connectivity index (χ1) is 8.69. The number of hydrogen-bond donors (Lipinski definition) is 0. The number of aromatic nitrogens is 2. The maximum absolute atomic E-state index is 11.2. The van der Waals surface area contributed by atoms with Crippen LogP contribution in [0.2, 0.25) is 0 Å². The summed E-state index contributed by atoms with van der Waals surface area (Å²) >= 11 is 3.31. The molecule has 2 heterocycles. The molecule has 0 spiro atoms. The standard InChI is InChI=1S/C11H15BrN4O2/c1-18-10(17)8-15-2-4-16(5-3-15)11-13-6-9(12)7-14-11/h6-7H,2-5,8H2,1H3. The first kappa shape index (κ1) is 13.2. The topological polar surface area (TPSA) is 58.6 Å². The fourth-order valence-electron chi connectivity index (χ4n) is 1.82. The van der Waals surface area contributed by atoms with Crippen LogP contribution in [0.1, 0.15) is 0 Å². The van der Waals surface area contributed by atoms with Gasteiger partial charge in [0.15, 0.2) is 0 Å². The van der Waals surface area contributed by atoms with Crippen molar-refractivity contribution in [2.75, 3.05) is 44.7 Å². The molecule has 0 aromatic carbocycles. The average molecular weight is 315 g/mol. The first-order valence-electron chi connectivity index (χ1n) is 5.70. The van der Waals surface area contributed by atoms with Gasteiger partial charge in [-0.2, -0.15) is 0 Å².